The molecule has 20 heavy (non-hydrogen) atoms. The fraction of sp³-hybridized carbons (Fsp3) is 0.0667. The van der Waals surface area contributed by atoms with Crippen molar-refractivity contribution in [2.75, 3.05) is 0 Å². The quantitative estimate of drug-likeness (QED) is 0.685. The van der Waals surface area contributed by atoms with Gasteiger partial charge in [-0.2, -0.15) is 5.10 Å². The number of thiophene rings is 1. The van der Waals surface area contributed by atoms with E-state index < -0.39 is 0 Å². The van der Waals surface area contributed by atoms with Crippen LogP contribution in [0.4, 0.5) is 4.39 Å². The van der Waals surface area contributed by atoms with Gasteiger partial charge in [0.05, 0.1) is 16.1 Å². The number of aromatic nitrogens is 2. The monoisotopic (exact) mass is 286 g/mol. The molecule has 0 unspecified atom stereocenters. The van der Waals surface area contributed by atoms with Crippen molar-refractivity contribution in [1.29, 1.82) is 0 Å². The Kier molecular flexibility index (Phi) is 3.20. The van der Waals surface area contributed by atoms with Crippen molar-refractivity contribution < 1.29 is 9.18 Å². The smallest absolute Gasteiger partial charge is 0.153 e. The van der Waals surface area contributed by atoms with Gasteiger partial charge in [-0.15, -0.1) is 11.3 Å². The Labute approximate surface area is 119 Å². The summed E-state index contributed by atoms with van der Waals surface area (Å²) in [6.07, 6.45) is 2.40. The maximum Gasteiger partial charge on any atom is 0.153 e. The maximum absolute atomic E-state index is 13.3. The fourth-order valence-corrected chi connectivity index (χ4v) is 2.95. The van der Waals surface area contributed by atoms with E-state index in [9.17, 15) is 9.18 Å². The maximum atomic E-state index is 13.3. The molecule has 3 aromatic rings. The standard InChI is InChI=1S/C15H11FN2OS/c1-10-5-6-20-15(10)14-11(9-19)8-18(17-14)13-4-2-3-12(16)7-13/h2-9H,1H3. The highest BCUT2D eigenvalue weighted by Crippen LogP contribution is 2.30. The van der Waals surface area contributed by atoms with Gasteiger partial charge in [0, 0.05) is 6.20 Å². The Morgan fingerprint density at radius 1 is 1.35 bits per heavy atom. The van der Waals surface area contributed by atoms with Gasteiger partial charge in [0.2, 0.25) is 0 Å². The molecule has 0 atom stereocenters. The molecule has 0 radical (unpaired) electrons. The average molecular weight is 286 g/mol. The number of nitrogens with zero attached hydrogens (tertiary/aromatic N) is 2. The summed E-state index contributed by atoms with van der Waals surface area (Å²) in [5.74, 6) is -0.334. The number of hydrogen-bond acceptors (Lipinski definition) is 3. The van der Waals surface area contributed by atoms with Crippen LogP contribution in [0.2, 0.25) is 0 Å². The van der Waals surface area contributed by atoms with Gasteiger partial charge in [0.25, 0.3) is 0 Å². The van der Waals surface area contributed by atoms with E-state index in [1.54, 1.807) is 18.3 Å². The third kappa shape index (κ3) is 2.16. The van der Waals surface area contributed by atoms with Crippen LogP contribution in [-0.2, 0) is 0 Å². The van der Waals surface area contributed by atoms with Crippen LogP contribution in [0.5, 0.6) is 0 Å². The highest BCUT2D eigenvalue weighted by Gasteiger charge is 2.14. The molecule has 0 N–H and O–H groups in total. The van der Waals surface area contributed by atoms with Crippen molar-refractivity contribution >= 4 is 17.6 Å². The second-order valence-electron chi connectivity index (χ2n) is 4.41. The number of aryl methyl sites for hydroxylation is 1. The summed E-state index contributed by atoms with van der Waals surface area (Å²) >= 11 is 1.54. The first kappa shape index (κ1) is 12.7. The Bertz CT molecular complexity index is 776. The van der Waals surface area contributed by atoms with Crippen LogP contribution in [-0.4, -0.2) is 16.1 Å². The van der Waals surface area contributed by atoms with E-state index in [1.807, 2.05) is 18.4 Å². The summed E-state index contributed by atoms with van der Waals surface area (Å²) in [4.78, 5) is 12.2. The number of benzene rings is 1. The SMILES string of the molecule is Cc1ccsc1-c1nn(-c2cccc(F)c2)cc1C=O. The number of rotatable bonds is 3. The van der Waals surface area contributed by atoms with Crippen LogP contribution in [0.15, 0.2) is 41.9 Å². The summed E-state index contributed by atoms with van der Waals surface area (Å²) in [7, 11) is 0. The predicted molar refractivity (Wildman–Crippen MR) is 77.0 cm³/mol. The lowest BCUT2D eigenvalue weighted by atomic mass is 10.2. The van der Waals surface area contributed by atoms with E-state index in [0.717, 1.165) is 16.7 Å². The highest BCUT2D eigenvalue weighted by atomic mass is 32.1. The Morgan fingerprint density at radius 2 is 2.20 bits per heavy atom. The average Bonchev–Trinajstić information content (AvgIpc) is 3.04. The van der Waals surface area contributed by atoms with Crippen molar-refractivity contribution in [3.05, 3.63) is 58.9 Å². The Balaban J connectivity index is 2.14. The molecule has 0 saturated heterocycles. The summed E-state index contributed by atoms with van der Waals surface area (Å²) in [6.45, 7) is 1.97. The molecule has 0 aliphatic carbocycles. The normalized spacial score (nSPS) is 10.7. The van der Waals surface area contributed by atoms with E-state index >= 15 is 0 Å². The van der Waals surface area contributed by atoms with Crippen LogP contribution in [0.25, 0.3) is 16.3 Å². The molecule has 2 aromatic heterocycles. The van der Waals surface area contributed by atoms with Gasteiger partial charge in [-0.05, 0) is 42.1 Å². The molecule has 3 nitrogen and oxygen atoms in total. The van der Waals surface area contributed by atoms with Gasteiger partial charge in [0.15, 0.2) is 6.29 Å². The predicted octanol–water partition coefficient (Wildman–Crippen LogP) is 3.86. The third-order valence-corrected chi connectivity index (χ3v) is 4.04. The van der Waals surface area contributed by atoms with E-state index in [2.05, 4.69) is 5.10 Å². The molecule has 3 rings (SSSR count). The van der Waals surface area contributed by atoms with Gasteiger partial charge in [-0.25, -0.2) is 9.07 Å². The minimum Gasteiger partial charge on any atom is -0.298 e. The number of carbonyl (C=O) groups excluding carboxylic acids is 1. The topological polar surface area (TPSA) is 34.9 Å². The largest absolute Gasteiger partial charge is 0.298 e. The highest BCUT2D eigenvalue weighted by molar-refractivity contribution is 7.13. The number of halogens is 1. The van der Waals surface area contributed by atoms with Crippen LogP contribution >= 0.6 is 11.3 Å². The van der Waals surface area contributed by atoms with E-state index in [-0.39, 0.29) is 5.82 Å². The second-order valence-corrected chi connectivity index (χ2v) is 5.32. The third-order valence-electron chi connectivity index (χ3n) is 3.02. The zero-order valence-corrected chi connectivity index (χ0v) is 11.5. The molecule has 0 amide bonds. The summed E-state index contributed by atoms with van der Waals surface area (Å²) in [5.41, 5.74) is 2.80. The Hall–Kier alpha value is -2.27. The van der Waals surface area contributed by atoms with Gasteiger partial charge in [-0.1, -0.05) is 6.07 Å². The zero-order chi connectivity index (χ0) is 14.1. The summed E-state index contributed by atoms with van der Waals surface area (Å²) in [5, 5.41) is 6.38. The molecule has 0 bridgehead atoms. The minimum absolute atomic E-state index is 0.334. The molecule has 0 fully saturated rings. The lowest BCUT2D eigenvalue weighted by Gasteiger charge is -2.00. The van der Waals surface area contributed by atoms with Gasteiger partial charge in [0.1, 0.15) is 11.5 Å². The lowest BCUT2D eigenvalue weighted by molar-refractivity contribution is 0.112. The number of aldehydes is 1. The van der Waals surface area contributed by atoms with Gasteiger partial charge in [-0.3, -0.25) is 4.79 Å². The first-order valence-corrected chi connectivity index (χ1v) is 6.92. The van der Waals surface area contributed by atoms with Crippen LogP contribution in [0.3, 0.4) is 0 Å². The van der Waals surface area contributed by atoms with Crippen LogP contribution in [0, 0.1) is 12.7 Å². The molecule has 0 saturated carbocycles. The molecule has 0 spiro atoms. The molecular weight excluding hydrogens is 275 g/mol. The zero-order valence-electron chi connectivity index (χ0n) is 10.7. The second kappa shape index (κ2) is 5.02. The first-order valence-electron chi connectivity index (χ1n) is 6.04. The van der Waals surface area contributed by atoms with E-state index in [1.165, 1.54) is 28.2 Å². The van der Waals surface area contributed by atoms with E-state index in [4.69, 9.17) is 0 Å². The first-order chi connectivity index (χ1) is 9.69. The summed E-state index contributed by atoms with van der Waals surface area (Å²) < 4.78 is 14.8. The molecule has 0 aliphatic heterocycles. The van der Waals surface area contributed by atoms with Crippen LogP contribution < -0.4 is 0 Å². The molecule has 2 heterocycles. The lowest BCUT2D eigenvalue weighted by Crippen LogP contribution is -1.95. The van der Waals surface area contributed by atoms with Crippen molar-refractivity contribution in [3.8, 4) is 16.3 Å². The van der Waals surface area contributed by atoms with Gasteiger partial charge < -0.3 is 0 Å². The molecular formula is C15H11FN2OS. The van der Waals surface area contributed by atoms with Crippen molar-refractivity contribution in [3.63, 3.8) is 0 Å². The van der Waals surface area contributed by atoms with Crippen LogP contribution in [0.1, 0.15) is 15.9 Å². The molecule has 0 aliphatic rings. The summed E-state index contributed by atoms with van der Waals surface area (Å²) in [6, 6.07) is 8.10. The Morgan fingerprint density at radius 3 is 2.85 bits per heavy atom. The minimum atomic E-state index is -0.334. The van der Waals surface area contributed by atoms with E-state index in [0.29, 0.717) is 16.9 Å². The fourth-order valence-electron chi connectivity index (χ4n) is 2.02. The van der Waals surface area contributed by atoms with Crippen molar-refractivity contribution in [2.45, 2.75) is 6.92 Å². The molecule has 5 heteroatoms. The molecule has 100 valence electrons. The van der Waals surface area contributed by atoms with Crippen molar-refractivity contribution in [1.82, 2.24) is 9.78 Å². The number of carbonyl (C=O) groups is 1. The van der Waals surface area contributed by atoms with Gasteiger partial charge >= 0.3 is 0 Å². The number of hydrogen-bond donors (Lipinski definition) is 0. The van der Waals surface area contributed by atoms with Crippen molar-refractivity contribution in [2.24, 2.45) is 0 Å². The molecule has 1 aromatic carbocycles.